The third-order valence-electron chi connectivity index (χ3n) is 4.33. The maximum absolute atomic E-state index is 2.34. The summed E-state index contributed by atoms with van der Waals surface area (Å²) >= 11 is 0. The molecular formula is C24H54. The molecule has 0 N–H and O–H groups in total. The van der Waals surface area contributed by atoms with Gasteiger partial charge in [-0.2, -0.15) is 0 Å². The van der Waals surface area contributed by atoms with Crippen LogP contribution in [0.3, 0.4) is 0 Å². The smallest absolute Gasteiger partial charge is 0.0380 e. The van der Waals surface area contributed by atoms with Gasteiger partial charge in [0.25, 0.3) is 0 Å². The summed E-state index contributed by atoms with van der Waals surface area (Å²) in [6.45, 7) is 25.1. The minimum atomic E-state index is 0.522. The van der Waals surface area contributed by atoms with Crippen LogP contribution in [0.2, 0.25) is 0 Å². The molecule has 0 aliphatic heterocycles. The Kier molecular flexibility index (Phi) is 23.2. The molecule has 0 saturated heterocycles. The molecule has 0 bridgehead atoms. The van der Waals surface area contributed by atoms with Crippen molar-refractivity contribution in [3.8, 4) is 0 Å². The van der Waals surface area contributed by atoms with Crippen LogP contribution in [0, 0.1) is 23.2 Å². The Bertz CT molecular complexity index is 203. The monoisotopic (exact) mass is 342 g/mol. The molecule has 0 saturated carbocycles. The predicted octanol–water partition coefficient (Wildman–Crippen LogP) is 9.52. The van der Waals surface area contributed by atoms with E-state index in [0.29, 0.717) is 5.41 Å². The van der Waals surface area contributed by atoms with Crippen molar-refractivity contribution in [3.63, 3.8) is 0 Å². The van der Waals surface area contributed by atoms with E-state index in [1.54, 1.807) is 0 Å². The molecule has 0 aromatic heterocycles. The fourth-order valence-corrected chi connectivity index (χ4v) is 3.11. The van der Waals surface area contributed by atoms with Crippen LogP contribution in [0.5, 0.6) is 0 Å². The Morgan fingerprint density at radius 3 is 1.29 bits per heavy atom. The van der Waals surface area contributed by atoms with Crippen LogP contribution >= 0.6 is 0 Å². The second kappa shape index (κ2) is 19.3. The quantitative estimate of drug-likeness (QED) is 0.391. The summed E-state index contributed by atoms with van der Waals surface area (Å²) in [7, 11) is 0. The molecular weight excluding hydrogens is 288 g/mol. The average molecular weight is 343 g/mol. The third-order valence-corrected chi connectivity index (χ3v) is 4.33. The van der Waals surface area contributed by atoms with Crippen LogP contribution in [0.4, 0.5) is 0 Å². The first kappa shape index (κ1) is 28.8. The van der Waals surface area contributed by atoms with Gasteiger partial charge in [0.05, 0.1) is 0 Å². The summed E-state index contributed by atoms with van der Waals surface area (Å²) in [5.74, 6) is 2.76. The van der Waals surface area contributed by atoms with Gasteiger partial charge in [-0.3, -0.25) is 0 Å². The van der Waals surface area contributed by atoms with Crippen LogP contribution < -0.4 is 0 Å². The molecule has 1 unspecified atom stereocenters. The van der Waals surface area contributed by atoms with Gasteiger partial charge in [0.2, 0.25) is 0 Å². The Morgan fingerprint density at radius 2 is 1.08 bits per heavy atom. The number of unbranched alkanes of at least 4 members (excludes halogenated alkanes) is 1. The molecule has 0 aromatic carbocycles. The standard InChI is InChI=1S/3C8H18/c1-7(2)6-8(3,4)5;1-4-6-7-8(3)5-2;1-4-6-8(3)7-5-2/h7H,6H2,1-5H3;2*8H,4-7H2,1-3H3. The summed E-state index contributed by atoms with van der Waals surface area (Å²) in [6.07, 6.45) is 12.4. The molecule has 0 spiro atoms. The van der Waals surface area contributed by atoms with Crippen molar-refractivity contribution in [2.75, 3.05) is 0 Å². The van der Waals surface area contributed by atoms with Crippen LogP contribution in [0.15, 0.2) is 0 Å². The minimum absolute atomic E-state index is 0.522. The lowest BCUT2D eigenvalue weighted by molar-refractivity contribution is 0.320. The maximum Gasteiger partial charge on any atom is -0.0380 e. The molecule has 0 heteroatoms. The van der Waals surface area contributed by atoms with Crippen LogP contribution in [0.25, 0.3) is 0 Å². The fraction of sp³-hybridized carbons (Fsp3) is 1.00. The zero-order valence-corrected chi connectivity index (χ0v) is 19.6. The summed E-state index contributed by atoms with van der Waals surface area (Å²) < 4.78 is 0. The summed E-state index contributed by atoms with van der Waals surface area (Å²) in [5.41, 5.74) is 0.522. The molecule has 0 aliphatic rings. The van der Waals surface area contributed by atoms with Crippen molar-refractivity contribution in [2.24, 2.45) is 23.2 Å². The molecule has 0 rings (SSSR count). The van der Waals surface area contributed by atoms with Gasteiger partial charge in [0.15, 0.2) is 0 Å². The van der Waals surface area contributed by atoms with Gasteiger partial charge in [-0.15, -0.1) is 0 Å². The minimum Gasteiger partial charge on any atom is -0.0654 e. The van der Waals surface area contributed by atoms with Gasteiger partial charge in [-0.1, -0.05) is 128 Å². The van der Waals surface area contributed by atoms with Gasteiger partial charge >= 0.3 is 0 Å². The van der Waals surface area contributed by atoms with E-state index < -0.39 is 0 Å². The summed E-state index contributed by atoms with van der Waals surface area (Å²) in [5, 5.41) is 0. The van der Waals surface area contributed by atoms with Crippen molar-refractivity contribution in [3.05, 3.63) is 0 Å². The van der Waals surface area contributed by atoms with Gasteiger partial charge < -0.3 is 0 Å². The third kappa shape index (κ3) is 33.6. The number of hydrogen-bond donors (Lipinski definition) is 0. The second-order valence-corrected chi connectivity index (χ2v) is 9.50. The van der Waals surface area contributed by atoms with E-state index in [9.17, 15) is 0 Å². The van der Waals surface area contributed by atoms with Gasteiger partial charge in [0, 0.05) is 0 Å². The highest BCUT2D eigenvalue weighted by atomic mass is 14.2. The van der Waals surface area contributed by atoms with Crippen molar-refractivity contribution < 1.29 is 0 Å². The summed E-state index contributed by atoms with van der Waals surface area (Å²) in [6, 6.07) is 0. The van der Waals surface area contributed by atoms with Crippen molar-refractivity contribution >= 4 is 0 Å². The fourth-order valence-electron chi connectivity index (χ4n) is 3.11. The molecule has 24 heavy (non-hydrogen) atoms. The highest BCUT2D eigenvalue weighted by Crippen LogP contribution is 2.23. The van der Waals surface area contributed by atoms with Gasteiger partial charge in [0.1, 0.15) is 0 Å². The Balaban J connectivity index is -0.000000276. The van der Waals surface area contributed by atoms with Crippen LogP contribution in [-0.4, -0.2) is 0 Å². The van der Waals surface area contributed by atoms with Crippen molar-refractivity contribution in [1.29, 1.82) is 0 Å². The highest BCUT2D eigenvalue weighted by Gasteiger charge is 2.11. The van der Waals surface area contributed by atoms with Crippen molar-refractivity contribution in [2.45, 2.75) is 134 Å². The van der Waals surface area contributed by atoms with Crippen LogP contribution in [0.1, 0.15) is 134 Å². The van der Waals surface area contributed by atoms with Gasteiger partial charge in [-0.25, -0.2) is 0 Å². The lowest BCUT2D eigenvalue weighted by Gasteiger charge is -2.19. The molecule has 0 aliphatic carbocycles. The molecule has 0 heterocycles. The number of rotatable bonds is 9. The predicted molar refractivity (Wildman–Crippen MR) is 117 cm³/mol. The van der Waals surface area contributed by atoms with E-state index >= 15 is 0 Å². The van der Waals surface area contributed by atoms with E-state index in [2.05, 4.69) is 76.2 Å². The Morgan fingerprint density at radius 1 is 0.625 bits per heavy atom. The van der Waals surface area contributed by atoms with Gasteiger partial charge in [-0.05, 0) is 29.6 Å². The topological polar surface area (TPSA) is 0 Å². The summed E-state index contributed by atoms with van der Waals surface area (Å²) in [4.78, 5) is 0. The normalized spacial score (nSPS) is 12.4. The first-order chi connectivity index (χ1) is 11.0. The van der Waals surface area contributed by atoms with E-state index in [1.165, 1.54) is 57.8 Å². The van der Waals surface area contributed by atoms with E-state index in [1.807, 2.05) is 0 Å². The Hall–Kier alpha value is 0. The lowest BCUT2D eigenvalue weighted by Crippen LogP contribution is -2.08. The zero-order chi connectivity index (χ0) is 19.6. The highest BCUT2D eigenvalue weighted by molar-refractivity contribution is 4.62. The molecule has 1 atom stereocenters. The van der Waals surface area contributed by atoms with Crippen LogP contribution in [-0.2, 0) is 0 Å². The first-order valence-corrected chi connectivity index (χ1v) is 11.0. The van der Waals surface area contributed by atoms with E-state index in [4.69, 9.17) is 0 Å². The van der Waals surface area contributed by atoms with E-state index in [-0.39, 0.29) is 0 Å². The molecule has 0 aromatic rings. The molecule has 0 amide bonds. The van der Waals surface area contributed by atoms with E-state index in [0.717, 1.165) is 17.8 Å². The zero-order valence-electron chi connectivity index (χ0n) is 19.6. The maximum atomic E-state index is 2.34. The largest absolute Gasteiger partial charge is 0.0654 e. The Labute approximate surface area is 157 Å². The molecule has 0 radical (unpaired) electrons. The first-order valence-electron chi connectivity index (χ1n) is 11.0. The van der Waals surface area contributed by atoms with Crippen molar-refractivity contribution in [1.82, 2.24) is 0 Å². The lowest BCUT2D eigenvalue weighted by atomic mass is 9.86. The average Bonchev–Trinajstić information content (AvgIpc) is 2.44. The second-order valence-electron chi connectivity index (χ2n) is 9.50. The molecule has 150 valence electrons. The SMILES string of the molecule is CC(C)CC(C)(C)C.CCCC(C)CCC.CCCCC(C)CC. The molecule has 0 fully saturated rings. The number of hydrogen-bond acceptors (Lipinski definition) is 0. The molecule has 0 nitrogen and oxygen atoms in total.